The standard InChI is InChI=1S/C18H24N2O2/c1-2-13(8-12-6-4-3-5-7-12)16-11-17(16)19-14-9-15(10-14)20-18(21)22/h3-8,14-17,19-20H,2,9-11H2,1H3,(H,21,22)/t14?,15?,16-,17+/m0/s1. The van der Waals surface area contributed by atoms with Gasteiger partial charge in [-0.1, -0.05) is 48.9 Å². The van der Waals surface area contributed by atoms with Crippen LogP contribution >= 0.6 is 0 Å². The van der Waals surface area contributed by atoms with E-state index in [2.05, 4.69) is 47.9 Å². The van der Waals surface area contributed by atoms with Crippen LogP contribution in [-0.2, 0) is 0 Å². The normalized spacial score (nSPS) is 30.5. The lowest BCUT2D eigenvalue weighted by Gasteiger charge is -2.36. The molecule has 1 aromatic rings. The molecule has 0 spiro atoms. The number of hydrogen-bond acceptors (Lipinski definition) is 2. The van der Waals surface area contributed by atoms with Crippen molar-refractivity contribution in [3.05, 3.63) is 41.5 Å². The van der Waals surface area contributed by atoms with Crippen LogP contribution in [0.25, 0.3) is 6.08 Å². The zero-order valence-electron chi connectivity index (χ0n) is 13.0. The third kappa shape index (κ3) is 3.69. The monoisotopic (exact) mass is 300 g/mol. The predicted octanol–water partition coefficient (Wildman–Crippen LogP) is 3.26. The zero-order chi connectivity index (χ0) is 15.5. The summed E-state index contributed by atoms with van der Waals surface area (Å²) in [5, 5.41) is 14.9. The highest BCUT2D eigenvalue weighted by Crippen LogP contribution is 2.41. The molecule has 0 bridgehead atoms. The van der Waals surface area contributed by atoms with Crippen molar-refractivity contribution in [3.8, 4) is 0 Å². The van der Waals surface area contributed by atoms with E-state index in [1.807, 2.05) is 6.07 Å². The highest BCUT2D eigenvalue weighted by Gasteiger charge is 2.42. The fraction of sp³-hybridized carbons (Fsp3) is 0.500. The van der Waals surface area contributed by atoms with Gasteiger partial charge in [0.1, 0.15) is 0 Å². The molecule has 2 atom stereocenters. The molecule has 3 N–H and O–H groups in total. The number of amides is 1. The molecule has 2 aliphatic rings. The van der Waals surface area contributed by atoms with E-state index in [1.165, 1.54) is 17.6 Å². The Morgan fingerprint density at radius 3 is 2.59 bits per heavy atom. The second kappa shape index (κ2) is 6.53. The Balaban J connectivity index is 1.47. The SMILES string of the molecule is CCC(=Cc1ccccc1)[C@@H]1C[C@H]1NC1CC(NC(=O)O)C1. The van der Waals surface area contributed by atoms with Crippen molar-refractivity contribution in [2.24, 2.45) is 5.92 Å². The molecular weight excluding hydrogens is 276 g/mol. The molecular formula is C18H24N2O2. The number of carboxylic acid groups (broad SMARTS) is 1. The molecule has 0 saturated heterocycles. The molecule has 0 aliphatic heterocycles. The van der Waals surface area contributed by atoms with E-state index in [1.54, 1.807) is 0 Å². The van der Waals surface area contributed by atoms with Crippen LogP contribution < -0.4 is 10.6 Å². The van der Waals surface area contributed by atoms with Gasteiger partial charge >= 0.3 is 6.09 Å². The topological polar surface area (TPSA) is 61.4 Å². The number of nitrogens with one attached hydrogen (secondary N) is 2. The molecule has 22 heavy (non-hydrogen) atoms. The highest BCUT2D eigenvalue weighted by molar-refractivity contribution is 5.65. The van der Waals surface area contributed by atoms with Gasteiger partial charge in [-0.05, 0) is 37.2 Å². The lowest BCUT2D eigenvalue weighted by atomic mass is 9.86. The highest BCUT2D eigenvalue weighted by atomic mass is 16.4. The number of rotatable bonds is 6. The average Bonchev–Trinajstić information content (AvgIpc) is 3.22. The van der Waals surface area contributed by atoms with Crippen molar-refractivity contribution in [2.75, 3.05) is 0 Å². The van der Waals surface area contributed by atoms with Gasteiger partial charge in [0.05, 0.1) is 0 Å². The average molecular weight is 300 g/mol. The third-order valence-electron chi connectivity index (χ3n) is 4.74. The van der Waals surface area contributed by atoms with Crippen molar-refractivity contribution in [1.82, 2.24) is 10.6 Å². The van der Waals surface area contributed by atoms with Gasteiger partial charge < -0.3 is 15.7 Å². The van der Waals surface area contributed by atoms with E-state index < -0.39 is 6.09 Å². The fourth-order valence-electron chi connectivity index (χ4n) is 3.37. The molecule has 0 unspecified atom stereocenters. The van der Waals surface area contributed by atoms with E-state index in [0.29, 0.717) is 18.0 Å². The summed E-state index contributed by atoms with van der Waals surface area (Å²) < 4.78 is 0. The number of benzene rings is 1. The first kappa shape index (κ1) is 15.1. The first-order chi connectivity index (χ1) is 10.7. The van der Waals surface area contributed by atoms with Gasteiger partial charge in [0.2, 0.25) is 0 Å². The van der Waals surface area contributed by atoms with Gasteiger partial charge in [0.25, 0.3) is 0 Å². The minimum Gasteiger partial charge on any atom is -0.465 e. The van der Waals surface area contributed by atoms with E-state index >= 15 is 0 Å². The molecule has 2 saturated carbocycles. The van der Waals surface area contributed by atoms with Crippen molar-refractivity contribution in [3.63, 3.8) is 0 Å². The van der Waals surface area contributed by atoms with Crippen LogP contribution in [0.2, 0.25) is 0 Å². The largest absolute Gasteiger partial charge is 0.465 e. The first-order valence-electron chi connectivity index (χ1n) is 8.16. The summed E-state index contributed by atoms with van der Waals surface area (Å²) in [6.07, 6.45) is 5.54. The summed E-state index contributed by atoms with van der Waals surface area (Å²) in [4.78, 5) is 10.6. The molecule has 4 heteroatoms. The molecule has 1 amide bonds. The second-order valence-corrected chi connectivity index (χ2v) is 6.41. The van der Waals surface area contributed by atoms with Crippen LogP contribution in [0.15, 0.2) is 35.9 Å². The third-order valence-corrected chi connectivity index (χ3v) is 4.74. The van der Waals surface area contributed by atoms with Crippen LogP contribution in [0.3, 0.4) is 0 Å². The van der Waals surface area contributed by atoms with Crippen LogP contribution in [-0.4, -0.2) is 29.3 Å². The van der Waals surface area contributed by atoms with Gasteiger partial charge in [-0.25, -0.2) is 4.79 Å². The second-order valence-electron chi connectivity index (χ2n) is 6.41. The molecule has 0 radical (unpaired) electrons. The van der Waals surface area contributed by atoms with Gasteiger partial charge in [0, 0.05) is 18.1 Å². The minimum atomic E-state index is -0.910. The summed E-state index contributed by atoms with van der Waals surface area (Å²) in [6.45, 7) is 2.22. The van der Waals surface area contributed by atoms with E-state index in [-0.39, 0.29) is 6.04 Å². The molecule has 1 aromatic carbocycles. The van der Waals surface area contributed by atoms with Crippen molar-refractivity contribution in [2.45, 2.75) is 50.7 Å². The van der Waals surface area contributed by atoms with E-state index in [9.17, 15) is 4.79 Å². The summed E-state index contributed by atoms with van der Waals surface area (Å²) >= 11 is 0. The molecule has 0 heterocycles. The van der Waals surface area contributed by atoms with E-state index in [0.717, 1.165) is 19.3 Å². The summed E-state index contributed by atoms with van der Waals surface area (Å²) in [6, 6.07) is 11.7. The molecule has 118 valence electrons. The maximum absolute atomic E-state index is 10.6. The van der Waals surface area contributed by atoms with Gasteiger partial charge in [-0.2, -0.15) is 0 Å². The van der Waals surface area contributed by atoms with Crippen LogP contribution in [0.1, 0.15) is 38.2 Å². The van der Waals surface area contributed by atoms with Crippen molar-refractivity contribution in [1.29, 1.82) is 0 Å². The minimum absolute atomic E-state index is 0.137. The quantitative estimate of drug-likeness (QED) is 0.755. The lowest BCUT2D eigenvalue weighted by Crippen LogP contribution is -2.52. The zero-order valence-corrected chi connectivity index (χ0v) is 13.0. The van der Waals surface area contributed by atoms with Crippen LogP contribution in [0, 0.1) is 5.92 Å². The Morgan fingerprint density at radius 2 is 1.95 bits per heavy atom. The maximum atomic E-state index is 10.6. The fourth-order valence-corrected chi connectivity index (χ4v) is 3.37. The van der Waals surface area contributed by atoms with Gasteiger partial charge in [-0.3, -0.25) is 0 Å². The van der Waals surface area contributed by atoms with Crippen LogP contribution in [0.4, 0.5) is 4.79 Å². The van der Waals surface area contributed by atoms with E-state index in [4.69, 9.17) is 5.11 Å². The predicted molar refractivity (Wildman–Crippen MR) is 87.7 cm³/mol. The Morgan fingerprint density at radius 1 is 1.23 bits per heavy atom. The smallest absolute Gasteiger partial charge is 0.404 e. The Labute approximate surface area is 131 Å². The molecule has 0 aromatic heterocycles. The lowest BCUT2D eigenvalue weighted by molar-refractivity contribution is 0.172. The van der Waals surface area contributed by atoms with Gasteiger partial charge in [-0.15, -0.1) is 0 Å². The van der Waals surface area contributed by atoms with Crippen molar-refractivity contribution < 1.29 is 9.90 Å². The van der Waals surface area contributed by atoms with Crippen molar-refractivity contribution >= 4 is 12.2 Å². The maximum Gasteiger partial charge on any atom is 0.404 e. The summed E-state index contributed by atoms with van der Waals surface area (Å²) in [5.41, 5.74) is 2.79. The number of carbonyl (C=O) groups is 1. The molecule has 4 nitrogen and oxygen atoms in total. The molecule has 3 rings (SSSR count). The summed E-state index contributed by atoms with van der Waals surface area (Å²) in [7, 11) is 0. The Hall–Kier alpha value is -1.81. The number of hydrogen-bond donors (Lipinski definition) is 3. The Bertz CT molecular complexity index is 549. The first-order valence-corrected chi connectivity index (χ1v) is 8.16. The van der Waals surface area contributed by atoms with Gasteiger partial charge in [0.15, 0.2) is 0 Å². The van der Waals surface area contributed by atoms with Crippen LogP contribution in [0.5, 0.6) is 0 Å². The molecule has 2 aliphatic carbocycles. The Kier molecular flexibility index (Phi) is 4.48. The summed E-state index contributed by atoms with van der Waals surface area (Å²) in [5.74, 6) is 0.650. The molecule has 2 fully saturated rings.